The molecule has 1 aromatic heterocycles. The molecule has 2 heterocycles. The maximum Gasteiger partial charge on any atom is 0.314 e. The molecule has 2 aromatic rings. The van der Waals surface area contributed by atoms with Gasteiger partial charge in [-0.05, 0) is 43.6 Å². The number of rotatable bonds is 3. The molecule has 1 fully saturated rings. The van der Waals surface area contributed by atoms with Gasteiger partial charge in [0, 0.05) is 11.0 Å². The molecule has 122 valence electrons. The molecular weight excluding hydrogens is 366 g/mol. The van der Waals surface area contributed by atoms with Crippen LogP contribution in [0.15, 0.2) is 26.2 Å². The van der Waals surface area contributed by atoms with Crippen LogP contribution < -0.4 is 11.1 Å². The van der Waals surface area contributed by atoms with E-state index in [4.69, 9.17) is 5.11 Å². The van der Waals surface area contributed by atoms with Crippen molar-refractivity contribution in [1.29, 1.82) is 0 Å². The number of hydrogen-bond acceptors (Lipinski definition) is 4. The molecule has 3 rings (SSSR count). The number of benzene rings is 1. The van der Waals surface area contributed by atoms with Crippen LogP contribution in [0.5, 0.6) is 0 Å². The molecule has 7 nitrogen and oxygen atoms in total. The van der Waals surface area contributed by atoms with Crippen LogP contribution >= 0.6 is 15.9 Å². The van der Waals surface area contributed by atoms with Crippen LogP contribution in [0.25, 0.3) is 11.0 Å². The topological polar surface area (TPSA) is 106 Å². The summed E-state index contributed by atoms with van der Waals surface area (Å²) in [5.74, 6) is -1.01. The molecule has 8 heteroatoms. The summed E-state index contributed by atoms with van der Waals surface area (Å²) < 4.78 is 0.808. The van der Waals surface area contributed by atoms with Crippen molar-refractivity contribution in [2.24, 2.45) is 5.92 Å². The first kappa shape index (κ1) is 15.9. The van der Waals surface area contributed by atoms with E-state index in [9.17, 15) is 14.4 Å². The Bertz CT molecular complexity index is 865. The second-order valence-corrected chi connectivity index (χ2v) is 6.70. The largest absolute Gasteiger partial charge is 0.481 e. The summed E-state index contributed by atoms with van der Waals surface area (Å²) in [6.07, 6.45) is 1.24. The zero-order chi connectivity index (χ0) is 16.6. The molecule has 0 unspecified atom stereocenters. The van der Waals surface area contributed by atoms with Crippen LogP contribution in [-0.4, -0.2) is 39.0 Å². The number of nitrogens with zero attached hydrogens (tertiary/aromatic N) is 1. The Hall–Kier alpha value is -1.93. The molecule has 0 radical (unpaired) electrons. The number of likely N-dealkylation sites (tertiary alicyclic amines) is 1. The van der Waals surface area contributed by atoms with E-state index in [1.165, 1.54) is 0 Å². The smallest absolute Gasteiger partial charge is 0.314 e. The number of fused-ring (bicyclic) bond motifs is 1. The molecule has 1 aliphatic heterocycles. The number of H-pyrrole nitrogens is 2. The van der Waals surface area contributed by atoms with Gasteiger partial charge in [0.25, 0.3) is 0 Å². The minimum Gasteiger partial charge on any atom is -0.481 e. The van der Waals surface area contributed by atoms with Gasteiger partial charge in [0.05, 0.1) is 17.0 Å². The zero-order valence-corrected chi connectivity index (χ0v) is 13.9. The fourth-order valence-corrected chi connectivity index (χ4v) is 3.47. The summed E-state index contributed by atoms with van der Waals surface area (Å²) in [5.41, 5.74) is 0.712. The highest BCUT2D eigenvalue weighted by Gasteiger charge is 2.24. The molecule has 0 saturated carbocycles. The van der Waals surface area contributed by atoms with Gasteiger partial charge in [-0.25, -0.2) is 0 Å². The van der Waals surface area contributed by atoms with Crippen molar-refractivity contribution >= 4 is 32.9 Å². The number of hydrogen-bond donors (Lipinski definition) is 3. The van der Waals surface area contributed by atoms with E-state index >= 15 is 0 Å². The molecular formula is C15H16BrN3O4. The molecule has 1 aliphatic rings. The lowest BCUT2D eigenvalue weighted by Gasteiger charge is -2.30. The van der Waals surface area contributed by atoms with Crippen molar-refractivity contribution in [2.75, 3.05) is 13.1 Å². The number of nitrogens with one attached hydrogen (secondary N) is 2. The number of halogens is 1. The lowest BCUT2D eigenvalue weighted by molar-refractivity contribution is -0.143. The summed E-state index contributed by atoms with van der Waals surface area (Å²) >= 11 is 3.41. The van der Waals surface area contributed by atoms with Crippen LogP contribution in [-0.2, 0) is 11.3 Å². The Kier molecular flexibility index (Phi) is 4.36. The van der Waals surface area contributed by atoms with Gasteiger partial charge in [0.1, 0.15) is 0 Å². The maximum atomic E-state index is 11.6. The zero-order valence-electron chi connectivity index (χ0n) is 12.3. The van der Waals surface area contributed by atoms with Gasteiger partial charge in [-0.1, -0.05) is 15.9 Å². The monoisotopic (exact) mass is 381 g/mol. The second-order valence-electron chi connectivity index (χ2n) is 5.78. The lowest BCUT2D eigenvalue weighted by atomic mass is 9.96. The molecule has 0 amide bonds. The summed E-state index contributed by atoms with van der Waals surface area (Å²) in [6.45, 7) is 1.97. The van der Waals surface area contributed by atoms with E-state index in [2.05, 4.69) is 30.8 Å². The Balaban J connectivity index is 1.88. The lowest BCUT2D eigenvalue weighted by Crippen LogP contribution is -2.36. The van der Waals surface area contributed by atoms with Crippen LogP contribution in [0.2, 0.25) is 0 Å². The first-order valence-corrected chi connectivity index (χ1v) is 8.13. The molecule has 0 atom stereocenters. The predicted octanol–water partition coefficient (Wildman–Crippen LogP) is 1.28. The molecule has 0 bridgehead atoms. The van der Waals surface area contributed by atoms with Crippen molar-refractivity contribution in [1.82, 2.24) is 14.9 Å². The Morgan fingerprint density at radius 1 is 1.22 bits per heavy atom. The standard InChI is InChI=1S/C15H16BrN3O4/c16-10-5-9(7-19-3-1-8(2-4-19)15(22)23)12-11(6-10)17-13(20)14(21)18-12/h5-6,8H,1-4,7H2,(H,17,20)(H,18,21)(H,22,23). The molecule has 0 aliphatic carbocycles. The number of aromatic amines is 2. The number of aliphatic carboxylic acids is 1. The van der Waals surface area contributed by atoms with Gasteiger partial charge < -0.3 is 15.1 Å². The highest BCUT2D eigenvalue weighted by molar-refractivity contribution is 9.10. The normalized spacial score (nSPS) is 16.7. The third-order valence-corrected chi connectivity index (χ3v) is 4.67. The molecule has 1 saturated heterocycles. The minimum absolute atomic E-state index is 0.276. The highest BCUT2D eigenvalue weighted by Crippen LogP contribution is 2.24. The van der Waals surface area contributed by atoms with Crippen LogP contribution in [0.3, 0.4) is 0 Å². The van der Waals surface area contributed by atoms with Gasteiger partial charge >= 0.3 is 17.1 Å². The third kappa shape index (κ3) is 3.37. The van der Waals surface area contributed by atoms with Crippen LogP contribution in [0.1, 0.15) is 18.4 Å². The third-order valence-electron chi connectivity index (χ3n) is 4.21. The fraction of sp³-hybridized carbons (Fsp3) is 0.400. The number of aromatic nitrogens is 2. The van der Waals surface area contributed by atoms with Crippen molar-refractivity contribution < 1.29 is 9.90 Å². The Labute approximate surface area is 139 Å². The fourth-order valence-electron chi connectivity index (χ4n) is 2.96. The van der Waals surface area contributed by atoms with Crippen molar-refractivity contribution in [3.05, 3.63) is 42.9 Å². The van der Waals surface area contributed by atoms with Crippen LogP contribution in [0, 0.1) is 5.92 Å². The molecule has 3 N–H and O–H groups in total. The summed E-state index contributed by atoms with van der Waals surface area (Å²) in [7, 11) is 0. The van der Waals surface area contributed by atoms with E-state index < -0.39 is 17.1 Å². The SMILES string of the molecule is O=C(O)C1CCN(Cc2cc(Br)cc3[nH]c(=O)c(=O)[nH]c23)CC1. The quantitative estimate of drug-likeness (QED) is 0.694. The van der Waals surface area contributed by atoms with Gasteiger partial charge in [-0.2, -0.15) is 0 Å². The predicted molar refractivity (Wildman–Crippen MR) is 88.5 cm³/mol. The van der Waals surface area contributed by atoms with Gasteiger partial charge in [0.15, 0.2) is 0 Å². The maximum absolute atomic E-state index is 11.6. The van der Waals surface area contributed by atoms with Crippen LogP contribution in [0.4, 0.5) is 0 Å². The van der Waals surface area contributed by atoms with Gasteiger partial charge in [-0.15, -0.1) is 0 Å². The Morgan fingerprint density at radius 2 is 1.87 bits per heavy atom. The number of carbonyl (C=O) groups is 1. The molecule has 0 spiro atoms. The number of carboxylic acids is 1. The number of carboxylic acid groups (broad SMARTS) is 1. The van der Waals surface area contributed by atoms with Crippen molar-refractivity contribution in [2.45, 2.75) is 19.4 Å². The highest BCUT2D eigenvalue weighted by atomic mass is 79.9. The van der Waals surface area contributed by atoms with Gasteiger partial charge in [0.2, 0.25) is 0 Å². The van der Waals surface area contributed by atoms with E-state index in [-0.39, 0.29) is 5.92 Å². The Morgan fingerprint density at radius 3 is 2.52 bits per heavy atom. The first-order valence-electron chi connectivity index (χ1n) is 7.34. The van der Waals surface area contributed by atoms with E-state index in [1.807, 2.05) is 6.07 Å². The summed E-state index contributed by atoms with van der Waals surface area (Å²) in [5, 5.41) is 9.05. The van der Waals surface area contributed by atoms with Crippen molar-refractivity contribution in [3.63, 3.8) is 0 Å². The average Bonchev–Trinajstić information content (AvgIpc) is 2.50. The summed E-state index contributed by atoms with van der Waals surface area (Å²) in [6, 6.07) is 3.65. The van der Waals surface area contributed by atoms with E-state index in [0.717, 1.165) is 10.0 Å². The van der Waals surface area contributed by atoms with E-state index in [1.54, 1.807) is 6.07 Å². The number of piperidine rings is 1. The van der Waals surface area contributed by atoms with Crippen molar-refractivity contribution in [3.8, 4) is 0 Å². The molecule has 1 aromatic carbocycles. The summed E-state index contributed by atoms with van der Waals surface area (Å²) in [4.78, 5) is 41.4. The second kappa shape index (κ2) is 6.29. The molecule has 23 heavy (non-hydrogen) atoms. The average molecular weight is 382 g/mol. The van der Waals surface area contributed by atoms with E-state index in [0.29, 0.717) is 43.5 Å². The minimum atomic E-state index is -0.737. The van der Waals surface area contributed by atoms with Gasteiger partial charge in [-0.3, -0.25) is 19.3 Å². The first-order chi connectivity index (χ1) is 10.9.